The fourth-order valence-corrected chi connectivity index (χ4v) is 1.66. The van der Waals surface area contributed by atoms with Crippen molar-refractivity contribution in [1.29, 1.82) is 0 Å². The van der Waals surface area contributed by atoms with Crippen molar-refractivity contribution in [2.45, 2.75) is 67.2 Å². The lowest BCUT2D eigenvalue weighted by molar-refractivity contribution is 0.308. The second kappa shape index (κ2) is 8.11. The molecule has 0 heterocycles. The Morgan fingerprint density at radius 3 is 2.19 bits per heavy atom. The summed E-state index contributed by atoms with van der Waals surface area (Å²) in [6, 6.07) is 0. The highest BCUT2D eigenvalue weighted by Gasteiger charge is 2.13. The van der Waals surface area contributed by atoms with Crippen molar-refractivity contribution >= 4 is 0 Å². The van der Waals surface area contributed by atoms with Gasteiger partial charge in [0.05, 0.1) is 0 Å². The maximum absolute atomic E-state index is 3.57. The van der Waals surface area contributed by atoms with E-state index < -0.39 is 0 Å². The van der Waals surface area contributed by atoms with Crippen molar-refractivity contribution in [3.8, 4) is 0 Å². The Bertz CT molecular complexity index is 161. The highest BCUT2D eigenvalue weighted by Crippen LogP contribution is 2.25. The first-order valence-electron chi connectivity index (χ1n) is 7.09. The molecule has 0 aliphatic heterocycles. The van der Waals surface area contributed by atoms with Gasteiger partial charge in [0.25, 0.3) is 0 Å². The van der Waals surface area contributed by atoms with Gasteiger partial charge in [0.15, 0.2) is 0 Å². The van der Waals surface area contributed by atoms with Crippen molar-refractivity contribution < 1.29 is 0 Å². The van der Waals surface area contributed by atoms with Gasteiger partial charge in [-0.25, -0.2) is 0 Å². The number of hydrogen-bond donors (Lipinski definition) is 1. The molecule has 0 rings (SSSR count). The minimum absolute atomic E-state index is 0.535. The lowest BCUT2D eigenvalue weighted by Gasteiger charge is -2.22. The van der Waals surface area contributed by atoms with Gasteiger partial charge in [-0.2, -0.15) is 0 Å². The van der Waals surface area contributed by atoms with Gasteiger partial charge in [-0.1, -0.05) is 48.0 Å². The van der Waals surface area contributed by atoms with Crippen LogP contribution in [0.2, 0.25) is 0 Å². The molecule has 0 aromatic carbocycles. The molecule has 0 bridgehead atoms. The molecular formula is C15H33N. The van der Waals surface area contributed by atoms with Crippen molar-refractivity contribution in [3.63, 3.8) is 0 Å². The first-order chi connectivity index (χ1) is 7.39. The molecule has 1 unspecified atom stereocenters. The maximum Gasteiger partial charge on any atom is -0.00463 e. The summed E-state index contributed by atoms with van der Waals surface area (Å²) in [5, 5.41) is 3.57. The molecule has 0 amide bonds. The Morgan fingerprint density at radius 2 is 1.69 bits per heavy atom. The molecule has 0 aliphatic rings. The Morgan fingerprint density at radius 1 is 1.06 bits per heavy atom. The molecule has 1 heteroatoms. The van der Waals surface area contributed by atoms with Gasteiger partial charge in [0.1, 0.15) is 0 Å². The molecule has 1 N–H and O–H groups in total. The van der Waals surface area contributed by atoms with E-state index in [4.69, 9.17) is 0 Å². The molecule has 0 radical (unpaired) electrons. The Kier molecular flexibility index (Phi) is 8.09. The van der Waals surface area contributed by atoms with Crippen LogP contribution in [-0.4, -0.2) is 13.1 Å². The molecular weight excluding hydrogens is 194 g/mol. The van der Waals surface area contributed by atoms with Gasteiger partial charge in [-0.05, 0) is 49.6 Å². The van der Waals surface area contributed by atoms with Crippen LogP contribution in [0.4, 0.5) is 0 Å². The quantitative estimate of drug-likeness (QED) is 0.573. The molecule has 0 spiro atoms. The highest BCUT2D eigenvalue weighted by atomic mass is 14.8. The zero-order valence-corrected chi connectivity index (χ0v) is 12.4. The van der Waals surface area contributed by atoms with Gasteiger partial charge in [0.2, 0.25) is 0 Å². The van der Waals surface area contributed by atoms with E-state index in [1.165, 1.54) is 38.8 Å². The number of nitrogens with one attached hydrogen (secondary N) is 1. The summed E-state index contributed by atoms with van der Waals surface area (Å²) in [6.07, 6.45) is 5.26. The normalized spacial score (nSPS) is 14.4. The second-order valence-electron chi connectivity index (χ2n) is 6.38. The third-order valence-corrected chi connectivity index (χ3v) is 4.08. The average Bonchev–Trinajstić information content (AvgIpc) is 2.22. The lowest BCUT2D eigenvalue weighted by Crippen LogP contribution is -2.21. The zero-order valence-electron chi connectivity index (χ0n) is 12.4. The molecule has 0 saturated carbocycles. The van der Waals surface area contributed by atoms with Crippen LogP contribution in [0.5, 0.6) is 0 Å². The van der Waals surface area contributed by atoms with E-state index in [2.05, 4.69) is 46.9 Å². The molecule has 0 aromatic heterocycles. The Labute approximate surface area is 103 Å². The van der Waals surface area contributed by atoms with Crippen LogP contribution in [0, 0.1) is 17.3 Å². The van der Waals surface area contributed by atoms with Crippen LogP contribution < -0.4 is 5.32 Å². The summed E-state index contributed by atoms with van der Waals surface area (Å²) in [5.74, 6) is 1.67. The second-order valence-corrected chi connectivity index (χ2v) is 6.38. The van der Waals surface area contributed by atoms with Crippen LogP contribution in [-0.2, 0) is 0 Å². The van der Waals surface area contributed by atoms with E-state index in [9.17, 15) is 0 Å². The molecule has 0 aromatic rings. The summed E-state index contributed by atoms with van der Waals surface area (Å²) in [5.41, 5.74) is 0.535. The zero-order chi connectivity index (χ0) is 12.6. The summed E-state index contributed by atoms with van der Waals surface area (Å²) in [7, 11) is 0. The molecule has 16 heavy (non-hydrogen) atoms. The van der Waals surface area contributed by atoms with Crippen LogP contribution in [0.1, 0.15) is 67.2 Å². The van der Waals surface area contributed by atoms with Gasteiger partial charge in [-0.15, -0.1) is 0 Å². The molecule has 98 valence electrons. The van der Waals surface area contributed by atoms with Crippen LogP contribution in [0.25, 0.3) is 0 Å². The smallest absolute Gasteiger partial charge is 0.00463 e. The molecule has 1 nitrogen and oxygen atoms in total. The largest absolute Gasteiger partial charge is 0.317 e. The van der Waals surface area contributed by atoms with Crippen LogP contribution in [0.15, 0.2) is 0 Å². The maximum atomic E-state index is 3.57. The summed E-state index contributed by atoms with van der Waals surface area (Å²) in [6.45, 7) is 16.4. The van der Waals surface area contributed by atoms with E-state index in [0.717, 1.165) is 11.8 Å². The summed E-state index contributed by atoms with van der Waals surface area (Å²) in [4.78, 5) is 0. The third kappa shape index (κ3) is 8.15. The third-order valence-electron chi connectivity index (χ3n) is 4.08. The highest BCUT2D eigenvalue weighted by molar-refractivity contribution is 4.67. The number of hydrogen-bond acceptors (Lipinski definition) is 1. The van der Waals surface area contributed by atoms with Gasteiger partial charge in [0, 0.05) is 0 Å². The fourth-order valence-electron chi connectivity index (χ4n) is 1.66. The first-order valence-corrected chi connectivity index (χ1v) is 7.09. The Balaban J connectivity index is 3.35. The summed E-state index contributed by atoms with van der Waals surface area (Å²) < 4.78 is 0. The average molecular weight is 227 g/mol. The summed E-state index contributed by atoms with van der Waals surface area (Å²) >= 11 is 0. The molecule has 0 aliphatic carbocycles. The standard InChI is InChI=1S/C15H33N/c1-7-15(5,6)10-8-11-16-12-9-14(4)13(2)3/h13-14,16H,7-12H2,1-6H3. The van der Waals surface area contributed by atoms with Gasteiger partial charge in [-0.3, -0.25) is 0 Å². The SMILES string of the molecule is CCC(C)(C)CCCNCCC(C)C(C)C. The van der Waals surface area contributed by atoms with E-state index in [-0.39, 0.29) is 0 Å². The fraction of sp³-hybridized carbons (Fsp3) is 1.00. The molecule has 0 saturated heterocycles. The van der Waals surface area contributed by atoms with E-state index in [1.807, 2.05) is 0 Å². The van der Waals surface area contributed by atoms with Gasteiger partial charge < -0.3 is 5.32 Å². The van der Waals surface area contributed by atoms with E-state index in [1.54, 1.807) is 0 Å². The van der Waals surface area contributed by atoms with Crippen molar-refractivity contribution in [3.05, 3.63) is 0 Å². The molecule has 0 fully saturated rings. The van der Waals surface area contributed by atoms with E-state index in [0.29, 0.717) is 5.41 Å². The topological polar surface area (TPSA) is 12.0 Å². The van der Waals surface area contributed by atoms with Crippen molar-refractivity contribution in [2.24, 2.45) is 17.3 Å². The monoisotopic (exact) mass is 227 g/mol. The van der Waals surface area contributed by atoms with Crippen molar-refractivity contribution in [2.75, 3.05) is 13.1 Å². The Hall–Kier alpha value is -0.0400. The number of rotatable bonds is 9. The minimum atomic E-state index is 0.535. The lowest BCUT2D eigenvalue weighted by atomic mass is 9.85. The van der Waals surface area contributed by atoms with Crippen molar-refractivity contribution in [1.82, 2.24) is 5.32 Å². The predicted octanol–water partition coefficient (Wildman–Crippen LogP) is 4.47. The first kappa shape index (κ1) is 16.0. The minimum Gasteiger partial charge on any atom is -0.317 e. The predicted molar refractivity (Wildman–Crippen MR) is 74.8 cm³/mol. The van der Waals surface area contributed by atoms with Crippen LogP contribution >= 0.6 is 0 Å². The van der Waals surface area contributed by atoms with Gasteiger partial charge >= 0.3 is 0 Å². The van der Waals surface area contributed by atoms with E-state index >= 15 is 0 Å². The van der Waals surface area contributed by atoms with Crippen LogP contribution in [0.3, 0.4) is 0 Å². The molecule has 1 atom stereocenters.